The molecule has 4 nitrogen and oxygen atoms in total. The summed E-state index contributed by atoms with van der Waals surface area (Å²) in [6, 6.07) is 13.3. The van der Waals surface area contributed by atoms with Crippen molar-refractivity contribution in [1.82, 2.24) is 0 Å². The van der Waals surface area contributed by atoms with E-state index in [1.54, 1.807) is 18.2 Å². The molecule has 0 aliphatic carbocycles. The van der Waals surface area contributed by atoms with Crippen molar-refractivity contribution < 1.29 is 21.7 Å². The molecule has 2 unspecified atom stereocenters. The minimum atomic E-state index is -3.54. The lowest BCUT2D eigenvalue weighted by Gasteiger charge is -2.14. The van der Waals surface area contributed by atoms with Gasteiger partial charge in [0.1, 0.15) is 17.5 Å². The summed E-state index contributed by atoms with van der Waals surface area (Å²) in [6.45, 7) is -0.0306. The predicted molar refractivity (Wildman–Crippen MR) is 88.8 cm³/mol. The molecule has 3 rings (SSSR count). The summed E-state index contributed by atoms with van der Waals surface area (Å²) in [5.74, 6) is -0.351. The van der Waals surface area contributed by atoms with Crippen molar-refractivity contribution in [2.45, 2.75) is 18.1 Å². The third kappa shape index (κ3) is 3.62. The van der Waals surface area contributed by atoms with Gasteiger partial charge in [-0.15, -0.1) is 0 Å². The molecule has 0 N–H and O–H groups in total. The zero-order chi connectivity index (χ0) is 17.4. The fraction of sp³-hybridized carbons (Fsp3) is 0.294. The van der Waals surface area contributed by atoms with Gasteiger partial charge in [-0.25, -0.2) is 4.39 Å². The van der Waals surface area contributed by atoms with E-state index in [4.69, 9.17) is 20.5 Å². The summed E-state index contributed by atoms with van der Waals surface area (Å²) in [7, 11) is -3.54. The van der Waals surface area contributed by atoms with Gasteiger partial charge in [0, 0.05) is 17.0 Å². The highest BCUT2D eigenvalue weighted by molar-refractivity contribution is 7.85. The van der Waals surface area contributed by atoms with Gasteiger partial charge in [-0.05, 0) is 23.8 Å². The molecule has 0 radical (unpaired) electrons. The average molecular weight is 371 g/mol. The van der Waals surface area contributed by atoms with Crippen LogP contribution in [0.15, 0.2) is 48.5 Å². The largest absolute Gasteiger partial charge is 0.356 e. The van der Waals surface area contributed by atoms with Crippen LogP contribution in [0.4, 0.5) is 4.39 Å². The van der Waals surface area contributed by atoms with Gasteiger partial charge >= 0.3 is 0 Å². The highest BCUT2D eigenvalue weighted by Gasteiger charge is 2.58. The fourth-order valence-corrected chi connectivity index (χ4v) is 3.43. The number of ether oxygens (including phenoxy) is 1. The lowest BCUT2D eigenvalue weighted by molar-refractivity contribution is 0.230. The molecule has 0 saturated carbocycles. The Kier molecular flexibility index (Phi) is 4.66. The number of hydrogen-bond donors (Lipinski definition) is 0. The zero-order valence-electron chi connectivity index (χ0n) is 12.9. The molecule has 1 saturated heterocycles. The van der Waals surface area contributed by atoms with Crippen LogP contribution in [0.5, 0.6) is 0 Å². The predicted octanol–water partition coefficient (Wildman–Crippen LogP) is 3.81. The van der Waals surface area contributed by atoms with Gasteiger partial charge in [0.15, 0.2) is 0 Å². The SMILES string of the molecule is CS(=O)(=O)OCCC1(c2ccc(F)cc2)OC1c1ccccc1Cl. The van der Waals surface area contributed by atoms with Crippen molar-refractivity contribution in [3.8, 4) is 0 Å². The van der Waals surface area contributed by atoms with E-state index in [1.165, 1.54) is 12.1 Å². The van der Waals surface area contributed by atoms with Crippen molar-refractivity contribution in [2.24, 2.45) is 0 Å². The van der Waals surface area contributed by atoms with Gasteiger partial charge in [-0.2, -0.15) is 8.42 Å². The molecule has 1 aliphatic rings. The summed E-state index contributed by atoms with van der Waals surface area (Å²) in [5, 5.41) is 0.565. The maximum absolute atomic E-state index is 13.2. The molecule has 2 atom stereocenters. The Morgan fingerprint density at radius 1 is 1.21 bits per heavy atom. The van der Waals surface area contributed by atoms with Crippen molar-refractivity contribution in [3.05, 3.63) is 70.5 Å². The summed E-state index contributed by atoms with van der Waals surface area (Å²) in [5.41, 5.74) is 0.789. The molecule has 1 heterocycles. The quantitative estimate of drug-likeness (QED) is 0.573. The molecule has 1 fully saturated rings. The van der Waals surface area contributed by atoms with Crippen LogP contribution in [-0.4, -0.2) is 21.3 Å². The Balaban J connectivity index is 1.89. The van der Waals surface area contributed by atoms with E-state index in [1.807, 2.05) is 18.2 Å². The molecule has 128 valence electrons. The van der Waals surface area contributed by atoms with Crippen LogP contribution >= 0.6 is 11.6 Å². The molecule has 1 aliphatic heterocycles. The number of epoxide rings is 1. The van der Waals surface area contributed by atoms with Crippen molar-refractivity contribution in [2.75, 3.05) is 12.9 Å². The van der Waals surface area contributed by atoms with Crippen molar-refractivity contribution in [3.63, 3.8) is 0 Å². The molecule has 0 bridgehead atoms. The molecule has 0 aromatic heterocycles. The molecule has 2 aromatic rings. The van der Waals surface area contributed by atoms with E-state index in [0.717, 1.165) is 17.4 Å². The normalized spacial score (nSPS) is 23.2. The summed E-state index contributed by atoms with van der Waals surface area (Å²) in [4.78, 5) is 0. The number of halogens is 2. The first-order valence-electron chi connectivity index (χ1n) is 7.34. The third-order valence-corrected chi connectivity index (χ3v) is 4.92. The maximum atomic E-state index is 13.2. The second-order valence-corrected chi connectivity index (χ2v) is 7.74. The molecule has 2 aromatic carbocycles. The van der Waals surface area contributed by atoms with Gasteiger partial charge in [-0.1, -0.05) is 41.9 Å². The van der Waals surface area contributed by atoms with E-state index in [-0.39, 0.29) is 18.5 Å². The first-order chi connectivity index (χ1) is 11.3. The van der Waals surface area contributed by atoms with E-state index in [9.17, 15) is 12.8 Å². The summed E-state index contributed by atoms with van der Waals surface area (Å²) in [6.07, 6.45) is 0.971. The first-order valence-corrected chi connectivity index (χ1v) is 9.54. The standard InChI is InChI=1S/C17H16ClFO4S/c1-24(20,21)22-11-10-17(12-6-8-13(19)9-7-12)16(23-17)14-4-2-3-5-15(14)18/h2-9,16H,10-11H2,1H3. The van der Waals surface area contributed by atoms with Crippen LogP contribution in [0.1, 0.15) is 23.7 Å². The van der Waals surface area contributed by atoms with Gasteiger partial charge in [0.25, 0.3) is 10.1 Å². The Morgan fingerprint density at radius 3 is 2.50 bits per heavy atom. The van der Waals surface area contributed by atoms with E-state index >= 15 is 0 Å². The van der Waals surface area contributed by atoms with Crippen LogP contribution in [0.25, 0.3) is 0 Å². The summed E-state index contributed by atoms with van der Waals surface area (Å²) >= 11 is 6.24. The highest BCUT2D eigenvalue weighted by Crippen LogP contribution is 2.60. The van der Waals surface area contributed by atoms with E-state index < -0.39 is 15.7 Å². The second kappa shape index (κ2) is 6.44. The van der Waals surface area contributed by atoms with E-state index in [2.05, 4.69) is 0 Å². The zero-order valence-corrected chi connectivity index (χ0v) is 14.5. The smallest absolute Gasteiger partial charge is 0.264 e. The lowest BCUT2D eigenvalue weighted by atomic mass is 9.89. The Labute approximate surface area is 145 Å². The molecule has 7 heteroatoms. The fourth-order valence-electron chi connectivity index (χ4n) is 2.81. The number of benzene rings is 2. The first kappa shape index (κ1) is 17.4. The maximum Gasteiger partial charge on any atom is 0.264 e. The second-order valence-electron chi connectivity index (χ2n) is 5.69. The Morgan fingerprint density at radius 2 is 1.88 bits per heavy atom. The van der Waals surface area contributed by atoms with Gasteiger partial charge in [-0.3, -0.25) is 4.18 Å². The van der Waals surface area contributed by atoms with Crippen LogP contribution < -0.4 is 0 Å². The highest BCUT2D eigenvalue weighted by atomic mass is 35.5. The monoisotopic (exact) mass is 370 g/mol. The average Bonchev–Trinajstić information content (AvgIpc) is 3.22. The molecule has 0 amide bonds. The van der Waals surface area contributed by atoms with Crippen LogP contribution in [0, 0.1) is 5.82 Å². The lowest BCUT2D eigenvalue weighted by Crippen LogP contribution is -2.16. The molecular weight excluding hydrogens is 355 g/mol. The number of rotatable bonds is 6. The van der Waals surface area contributed by atoms with Gasteiger partial charge in [0.2, 0.25) is 0 Å². The van der Waals surface area contributed by atoms with Gasteiger partial charge in [0.05, 0.1) is 12.9 Å². The van der Waals surface area contributed by atoms with Gasteiger partial charge < -0.3 is 4.74 Å². The molecular formula is C17H16ClFO4S. The molecule has 24 heavy (non-hydrogen) atoms. The van der Waals surface area contributed by atoms with E-state index in [0.29, 0.717) is 11.4 Å². The van der Waals surface area contributed by atoms with Crippen molar-refractivity contribution in [1.29, 1.82) is 0 Å². The van der Waals surface area contributed by atoms with Crippen LogP contribution in [0.3, 0.4) is 0 Å². The van der Waals surface area contributed by atoms with Crippen LogP contribution in [0.2, 0.25) is 5.02 Å². The van der Waals surface area contributed by atoms with Crippen molar-refractivity contribution >= 4 is 21.7 Å². The topological polar surface area (TPSA) is 55.9 Å². The van der Waals surface area contributed by atoms with Crippen LogP contribution in [-0.2, 0) is 24.6 Å². The summed E-state index contributed by atoms with van der Waals surface area (Å²) < 4.78 is 46.4. The number of hydrogen-bond acceptors (Lipinski definition) is 4. The molecule has 0 spiro atoms. The Bertz CT molecular complexity index is 838. The Hall–Kier alpha value is -1.47. The minimum Gasteiger partial charge on any atom is -0.356 e. The third-order valence-electron chi connectivity index (χ3n) is 3.99. The minimum absolute atomic E-state index is 0.0306.